The van der Waals surface area contributed by atoms with E-state index in [1.165, 1.54) is 12.3 Å². The zero-order valence-electron chi connectivity index (χ0n) is 20.9. The van der Waals surface area contributed by atoms with Crippen LogP contribution in [0.25, 0.3) is 22.2 Å². The number of aliphatic hydroxyl groups excluding tert-OH is 2. The van der Waals surface area contributed by atoms with E-state index < -0.39 is 73.8 Å². The maximum absolute atomic E-state index is 15.5. The summed E-state index contributed by atoms with van der Waals surface area (Å²) in [5.74, 6) is -4.16. The van der Waals surface area contributed by atoms with Gasteiger partial charge in [0.2, 0.25) is 12.2 Å². The molecule has 0 bridgehead atoms. The molecule has 8 atom stereocenters. The zero-order chi connectivity index (χ0) is 30.1. The normalized spacial score (nSPS) is 30.8. The Bertz CT molecular complexity index is 1770. The maximum Gasteiger partial charge on any atom is 0.320 e. The van der Waals surface area contributed by atoms with Crippen molar-refractivity contribution in [2.45, 2.75) is 48.5 Å². The van der Waals surface area contributed by atoms with Gasteiger partial charge in [-0.05, 0) is 17.9 Å². The Balaban J connectivity index is 1.27. The fourth-order valence-corrected chi connectivity index (χ4v) is 7.43. The van der Waals surface area contributed by atoms with Crippen LogP contribution in [0.3, 0.4) is 0 Å². The summed E-state index contributed by atoms with van der Waals surface area (Å²) in [7, 11) is 0. The van der Waals surface area contributed by atoms with Crippen LogP contribution in [0.1, 0.15) is 12.5 Å². The summed E-state index contributed by atoms with van der Waals surface area (Å²) in [6.45, 7) is -6.12. The lowest BCUT2D eigenvalue weighted by Gasteiger charge is -2.28. The highest BCUT2D eigenvalue weighted by Crippen LogP contribution is 2.59. The van der Waals surface area contributed by atoms with Crippen LogP contribution in [0.5, 0.6) is 0 Å². The summed E-state index contributed by atoms with van der Waals surface area (Å²) >= 11 is 5.23. The summed E-state index contributed by atoms with van der Waals surface area (Å²) in [5.41, 5.74) is 8.34. The Morgan fingerprint density at radius 2 is 2.00 bits per heavy atom. The third-order valence-electron chi connectivity index (χ3n) is 7.03. The number of H-pyrrole nitrogens is 1. The predicted molar refractivity (Wildman–Crippen MR) is 139 cm³/mol. The highest BCUT2D eigenvalue weighted by molar-refractivity contribution is 8.09. The van der Waals surface area contributed by atoms with Crippen molar-refractivity contribution in [2.24, 2.45) is 0 Å². The number of anilines is 2. The van der Waals surface area contributed by atoms with Crippen LogP contribution in [-0.2, 0) is 25.8 Å². The number of hydrogen-bond acceptors (Lipinski definition) is 14. The minimum atomic E-state index is -4.38. The van der Waals surface area contributed by atoms with Crippen molar-refractivity contribution < 1.29 is 42.3 Å². The minimum Gasteiger partial charge on any atom is -0.394 e. The number of rotatable bonds is 7. The van der Waals surface area contributed by atoms with E-state index in [1.807, 2.05) is 0 Å². The zero-order valence-corrected chi connectivity index (χ0v) is 22.6. The molecule has 0 aliphatic carbocycles. The van der Waals surface area contributed by atoms with Gasteiger partial charge >= 0.3 is 5.92 Å². The molecule has 6 rings (SSSR count). The molecule has 2 aliphatic heterocycles. The summed E-state index contributed by atoms with van der Waals surface area (Å²) in [4.78, 5) is 37.3. The molecule has 2 unspecified atom stereocenters. The standard InChI is InChI=1S/C20H22F3N10O7PS/c21-9-7(3-34)39-17(33-15-10(30-31-33)16(36)29-19(25)28-15)11(9)41(37,42)38-4-8-12(35)20(22,23)18(40-8)32-2-1-6-13(24)26-5-27-14(6)32/h1-2,5,7-9,11-12,17-18,34-35H,3-4H2,(H,37,42)(H2,24,26,27)(H3,25,28,29,36)/t7-,8-,9+,11-,12-,17?,18-,41?/m1/s1. The lowest BCUT2D eigenvalue weighted by atomic mass is 10.1. The molecule has 2 aliphatic rings. The summed E-state index contributed by atoms with van der Waals surface area (Å²) in [6, 6.07) is 1.40. The lowest BCUT2D eigenvalue weighted by Crippen LogP contribution is -2.40. The third kappa shape index (κ3) is 4.43. The monoisotopic (exact) mass is 634 g/mol. The Kier molecular flexibility index (Phi) is 6.97. The highest BCUT2D eigenvalue weighted by atomic mass is 32.5. The van der Waals surface area contributed by atoms with Gasteiger partial charge in [0.05, 0.1) is 18.6 Å². The molecule has 42 heavy (non-hydrogen) atoms. The first kappa shape index (κ1) is 28.8. The van der Waals surface area contributed by atoms with Gasteiger partial charge in [-0.25, -0.2) is 14.4 Å². The first-order chi connectivity index (χ1) is 19.8. The number of hydrogen-bond donors (Lipinski definition) is 6. The molecule has 6 heterocycles. The lowest BCUT2D eigenvalue weighted by molar-refractivity contribution is -0.137. The number of alkyl halides is 3. The smallest absolute Gasteiger partial charge is 0.320 e. The average molecular weight is 634 g/mol. The minimum absolute atomic E-state index is 0.0163. The van der Waals surface area contributed by atoms with Gasteiger partial charge in [0.1, 0.15) is 41.8 Å². The van der Waals surface area contributed by atoms with Gasteiger partial charge in [0.25, 0.3) is 5.56 Å². The third-order valence-corrected chi connectivity index (χ3v) is 9.89. The molecule has 0 amide bonds. The molecular weight excluding hydrogens is 612 g/mol. The van der Waals surface area contributed by atoms with Crippen molar-refractivity contribution >= 4 is 52.3 Å². The molecule has 2 saturated heterocycles. The molecule has 8 N–H and O–H groups in total. The number of aliphatic hydroxyl groups is 2. The van der Waals surface area contributed by atoms with Gasteiger partial charge < -0.3 is 45.1 Å². The molecule has 2 fully saturated rings. The quantitative estimate of drug-likeness (QED) is 0.133. The molecule has 4 aromatic heterocycles. The predicted octanol–water partition coefficient (Wildman–Crippen LogP) is -1.07. The van der Waals surface area contributed by atoms with Crippen molar-refractivity contribution in [3.8, 4) is 0 Å². The maximum atomic E-state index is 15.5. The van der Waals surface area contributed by atoms with Crippen LogP contribution in [0.4, 0.5) is 24.9 Å². The number of fused-ring (bicyclic) bond motifs is 2. The Hall–Kier alpha value is -3.30. The van der Waals surface area contributed by atoms with Crippen molar-refractivity contribution in [3.05, 3.63) is 28.9 Å². The van der Waals surface area contributed by atoms with Crippen molar-refractivity contribution in [1.29, 1.82) is 0 Å². The topological polar surface area (TPSA) is 248 Å². The van der Waals surface area contributed by atoms with Gasteiger partial charge in [-0.3, -0.25) is 9.78 Å². The second-order valence-electron chi connectivity index (χ2n) is 9.57. The van der Waals surface area contributed by atoms with Crippen molar-refractivity contribution in [1.82, 2.24) is 39.5 Å². The summed E-state index contributed by atoms with van der Waals surface area (Å²) < 4.78 is 64.1. The number of aromatic nitrogens is 8. The van der Waals surface area contributed by atoms with E-state index in [4.69, 9.17) is 37.3 Å². The fourth-order valence-electron chi connectivity index (χ4n) is 4.98. The number of halogens is 3. The van der Waals surface area contributed by atoms with Crippen LogP contribution < -0.4 is 17.0 Å². The van der Waals surface area contributed by atoms with E-state index >= 15 is 13.2 Å². The van der Waals surface area contributed by atoms with Crippen LogP contribution >= 0.6 is 6.49 Å². The van der Waals surface area contributed by atoms with Crippen molar-refractivity contribution in [2.75, 3.05) is 24.7 Å². The summed E-state index contributed by atoms with van der Waals surface area (Å²) in [5, 5.41) is 27.8. The molecule has 22 heteroatoms. The van der Waals surface area contributed by atoms with Gasteiger partial charge in [-0.2, -0.15) is 18.4 Å². The average Bonchev–Trinajstić information content (AvgIpc) is 3.67. The number of nitrogens with one attached hydrogen (secondary N) is 1. The van der Waals surface area contributed by atoms with E-state index in [1.54, 1.807) is 0 Å². The number of nitrogens with two attached hydrogens (primary N) is 2. The van der Waals surface area contributed by atoms with Crippen LogP contribution in [0.2, 0.25) is 0 Å². The first-order valence-corrected chi connectivity index (χ1v) is 14.9. The Labute approximate surface area is 236 Å². The molecule has 0 spiro atoms. The molecule has 0 saturated carbocycles. The van der Waals surface area contributed by atoms with Gasteiger partial charge in [0, 0.05) is 6.20 Å². The molecule has 0 radical (unpaired) electrons. The van der Waals surface area contributed by atoms with E-state index in [2.05, 4.69) is 30.2 Å². The molecule has 226 valence electrons. The largest absolute Gasteiger partial charge is 0.394 e. The van der Waals surface area contributed by atoms with E-state index in [-0.39, 0.29) is 34.0 Å². The van der Waals surface area contributed by atoms with Crippen LogP contribution in [0.15, 0.2) is 23.4 Å². The summed E-state index contributed by atoms with van der Waals surface area (Å²) in [6.07, 6.45) is -9.19. The van der Waals surface area contributed by atoms with Gasteiger partial charge in [-0.15, -0.1) is 5.10 Å². The highest BCUT2D eigenvalue weighted by Gasteiger charge is 2.60. The van der Waals surface area contributed by atoms with E-state index in [0.717, 1.165) is 15.6 Å². The first-order valence-electron chi connectivity index (χ1n) is 12.1. The van der Waals surface area contributed by atoms with Crippen LogP contribution in [0, 0.1) is 0 Å². The van der Waals surface area contributed by atoms with Gasteiger partial charge in [-0.1, -0.05) is 5.21 Å². The molecule has 17 nitrogen and oxygen atoms in total. The van der Waals surface area contributed by atoms with Crippen LogP contribution in [-0.4, -0.2) is 104 Å². The molecular formula is C20H22F3N10O7PS. The fraction of sp³-hybridized carbons (Fsp3) is 0.500. The Morgan fingerprint density at radius 1 is 1.24 bits per heavy atom. The van der Waals surface area contributed by atoms with E-state index in [0.29, 0.717) is 0 Å². The SMILES string of the molecule is Nc1nc2c(nnn2C2O[C@H](CO)[C@H](F)[C@H]2P(O)(=S)OC[C@H]2O[C@@H](n3ccc4c(N)ncnc43)C(F)(F)[C@@H]2O)c(=O)[nH]1. The molecule has 0 aromatic carbocycles. The number of aromatic amines is 1. The number of nitrogen functional groups attached to an aromatic ring is 2. The van der Waals surface area contributed by atoms with E-state index in [9.17, 15) is 19.9 Å². The van der Waals surface area contributed by atoms with Crippen molar-refractivity contribution in [3.63, 3.8) is 0 Å². The second-order valence-corrected chi connectivity index (χ2v) is 13.1. The molecule has 4 aromatic rings. The second kappa shape index (κ2) is 10.2. The number of ether oxygens (including phenoxy) is 2. The van der Waals surface area contributed by atoms with Gasteiger partial charge in [0.15, 0.2) is 30.0 Å². The number of nitrogens with zero attached hydrogens (tertiary/aromatic N) is 7. The Morgan fingerprint density at radius 3 is 2.74 bits per heavy atom.